The molecule has 0 aromatic rings. The fraction of sp³-hybridized carbons (Fsp3) is 0.933. The number of aliphatic hydroxyl groups excluding tert-OH is 7. The van der Waals surface area contributed by atoms with Crippen molar-refractivity contribution in [1.29, 1.82) is 0 Å². The van der Waals surface area contributed by atoms with Gasteiger partial charge >= 0.3 is 5.97 Å². The van der Waals surface area contributed by atoms with Gasteiger partial charge in [0.05, 0.1) is 6.61 Å². The highest BCUT2D eigenvalue weighted by molar-refractivity contribution is 5.68. The van der Waals surface area contributed by atoms with Crippen molar-refractivity contribution in [2.45, 2.75) is 74.8 Å². The largest absolute Gasteiger partial charge is 0.463 e. The zero-order valence-corrected chi connectivity index (χ0v) is 14.6. The maximum Gasteiger partial charge on any atom is 0.305 e. The van der Waals surface area contributed by atoms with Crippen molar-refractivity contribution in [1.82, 2.24) is 0 Å². The highest BCUT2D eigenvalue weighted by Crippen LogP contribution is 2.28. The highest BCUT2D eigenvalue weighted by Gasteiger charge is 2.50. The van der Waals surface area contributed by atoms with Gasteiger partial charge in [-0.3, -0.25) is 4.79 Å². The van der Waals surface area contributed by atoms with Crippen molar-refractivity contribution in [3.8, 4) is 0 Å². The van der Waals surface area contributed by atoms with E-state index in [1.54, 1.807) is 6.92 Å². The number of aliphatic hydroxyl groups is 7. The molecule has 2 fully saturated rings. The van der Waals surface area contributed by atoms with Crippen LogP contribution < -0.4 is 0 Å². The number of hydrogen-bond acceptors (Lipinski definition) is 12. The third-order valence-corrected chi connectivity index (χ3v) is 4.50. The first-order valence-electron chi connectivity index (χ1n) is 8.52. The van der Waals surface area contributed by atoms with Crippen LogP contribution in [0.1, 0.15) is 13.3 Å². The molecule has 2 rings (SSSR count). The summed E-state index contributed by atoms with van der Waals surface area (Å²) in [5, 5.41) is 68.6. The Balaban J connectivity index is 2.09. The predicted octanol–water partition coefficient (Wildman–Crippen LogP) is -4.44. The van der Waals surface area contributed by atoms with Gasteiger partial charge in [-0.15, -0.1) is 0 Å². The summed E-state index contributed by atoms with van der Waals surface area (Å²) in [6, 6.07) is 0. The third kappa shape index (κ3) is 4.92. The van der Waals surface area contributed by atoms with Crippen LogP contribution in [0.4, 0.5) is 0 Å². The molecule has 2 saturated heterocycles. The van der Waals surface area contributed by atoms with Crippen molar-refractivity contribution in [2.24, 2.45) is 0 Å². The lowest BCUT2D eigenvalue weighted by Gasteiger charge is -2.45. The van der Waals surface area contributed by atoms with E-state index >= 15 is 0 Å². The van der Waals surface area contributed by atoms with Gasteiger partial charge in [0, 0.05) is 6.42 Å². The molecule has 0 unspecified atom stereocenters. The third-order valence-electron chi connectivity index (χ3n) is 4.50. The normalized spacial score (nSPS) is 45.5. The van der Waals surface area contributed by atoms with Gasteiger partial charge < -0.3 is 54.7 Å². The molecule has 0 saturated carbocycles. The summed E-state index contributed by atoms with van der Waals surface area (Å²) in [4.78, 5) is 11.3. The Kier molecular flexibility index (Phi) is 7.88. The van der Waals surface area contributed by atoms with Crippen molar-refractivity contribution in [3.05, 3.63) is 0 Å². The van der Waals surface area contributed by atoms with Crippen LogP contribution in [-0.4, -0.2) is 116 Å². The molecule has 0 aromatic heterocycles. The lowest BCUT2D eigenvalue weighted by molar-refractivity contribution is -0.355. The zero-order chi connectivity index (χ0) is 20.3. The van der Waals surface area contributed by atoms with Crippen molar-refractivity contribution in [2.75, 3.05) is 13.2 Å². The minimum atomic E-state index is -1.76. The van der Waals surface area contributed by atoms with E-state index in [0.29, 0.717) is 0 Å². The number of carbonyl (C=O) groups excluding carboxylic acids is 1. The lowest BCUT2D eigenvalue weighted by atomic mass is 9.97. The van der Waals surface area contributed by atoms with E-state index in [1.807, 2.05) is 0 Å². The van der Waals surface area contributed by atoms with Gasteiger partial charge in [0.2, 0.25) is 0 Å². The molecular weight excluding hydrogens is 372 g/mol. The molecule has 10 atom stereocenters. The van der Waals surface area contributed by atoms with Crippen LogP contribution in [0.3, 0.4) is 0 Å². The Bertz CT molecular complexity index is 487. The topological polar surface area (TPSA) is 196 Å². The molecule has 0 aromatic carbocycles. The van der Waals surface area contributed by atoms with E-state index in [9.17, 15) is 40.5 Å². The van der Waals surface area contributed by atoms with E-state index < -0.39 is 80.6 Å². The van der Waals surface area contributed by atoms with Crippen LogP contribution >= 0.6 is 0 Å². The molecule has 0 bridgehead atoms. The van der Waals surface area contributed by atoms with Crippen LogP contribution in [0.5, 0.6) is 0 Å². The second-order valence-electron chi connectivity index (χ2n) is 6.38. The summed E-state index contributed by atoms with van der Waals surface area (Å²) < 4.78 is 20.5. The standard InChI is InChI=1S/C15H26O12/c1-2-7(17)24-4-6-8(18)9(19)12(22)15(26-6)27-13-5(3-16)25-14(23)11(21)10(13)20/h5-6,8-16,18-23H,2-4H2,1H3/t5-,6-,8+,9+,10-,11-,12-,13-,14+,15+/m1/s1. The SMILES string of the molecule is CCC(=O)OC[C@H]1O[C@@H](O[C@H]2[C@H](O)[C@@H](O)[C@@H](O)O[C@@H]2CO)[C@H](O)[C@@H](O)[C@H]1O. The van der Waals surface area contributed by atoms with Crippen LogP contribution in [0.25, 0.3) is 0 Å². The Morgan fingerprint density at radius 1 is 0.889 bits per heavy atom. The number of carbonyl (C=O) groups is 1. The molecule has 2 aliphatic rings. The monoisotopic (exact) mass is 398 g/mol. The summed E-state index contributed by atoms with van der Waals surface area (Å²) in [6.45, 7) is 0.438. The fourth-order valence-corrected chi connectivity index (χ4v) is 2.83. The number of ether oxygens (including phenoxy) is 4. The van der Waals surface area contributed by atoms with E-state index in [4.69, 9.17) is 18.9 Å². The molecule has 158 valence electrons. The predicted molar refractivity (Wildman–Crippen MR) is 82.8 cm³/mol. The molecule has 2 aliphatic heterocycles. The van der Waals surface area contributed by atoms with E-state index in [-0.39, 0.29) is 6.42 Å². The van der Waals surface area contributed by atoms with Gasteiger partial charge in [-0.05, 0) is 0 Å². The maximum atomic E-state index is 11.3. The van der Waals surface area contributed by atoms with E-state index in [1.165, 1.54) is 0 Å². The molecule has 2 heterocycles. The maximum absolute atomic E-state index is 11.3. The lowest BCUT2D eigenvalue weighted by Crippen LogP contribution is -2.64. The smallest absolute Gasteiger partial charge is 0.305 e. The van der Waals surface area contributed by atoms with Crippen molar-refractivity contribution >= 4 is 5.97 Å². The second-order valence-corrected chi connectivity index (χ2v) is 6.38. The van der Waals surface area contributed by atoms with Crippen molar-refractivity contribution in [3.63, 3.8) is 0 Å². The number of hydrogen-bond donors (Lipinski definition) is 7. The first kappa shape index (κ1) is 22.4. The molecule has 7 N–H and O–H groups in total. The molecule has 0 aliphatic carbocycles. The number of rotatable bonds is 6. The molecule has 0 spiro atoms. The average Bonchev–Trinajstić information content (AvgIpc) is 2.66. The summed E-state index contributed by atoms with van der Waals surface area (Å²) >= 11 is 0. The van der Waals surface area contributed by atoms with Crippen LogP contribution in [0.2, 0.25) is 0 Å². The molecule has 12 nitrogen and oxygen atoms in total. The van der Waals surface area contributed by atoms with Gasteiger partial charge in [0.25, 0.3) is 0 Å². The Hall–Kier alpha value is -0.930. The van der Waals surface area contributed by atoms with Crippen molar-refractivity contribution < 1.29 is 59.5 Å². The first-order valence-corrected chi connectivity index (χ1v) is 8.52. The second kappa shape index (κ2) is 9.52. The molecular formula is C15H26O12. The van der Waals surface area contributed by atoms with Gasteiger partial charge in [0.15, 0.2) is 12.6 Å². The van der Waals surface area contributed by atoms with E-state index in [2.05, 4.69) is 0 Å². The summed E-state index contributed by atoms with van der Waals surface area (Å²) in [7, 11) is 0. The Morgan fingerprint density at radius 3 is 2.15 bits per heavy atom. The van der Waals surface area contributed by atoms with E-state index in [0.717, 1.165) is 0 Å². The minimum Gasteiger partial charge on any atom is -0.463 e. The van der Waals surface area contributed by atoms with Crippen LogP contribution in [0.15, 0.2) is 0 Å². The quantitative estimate of drug-likeness (QED) is 0.212. The molecule has 12 heteroatoms. The first-order chi connectivity index (χ1) is 12.7. The summed E-state index contributed by atoms with van der Waals surface area (Å²) in [5.41, 5.74) is 0. The van der Waals surface area contributed by atoms with Gasteiger partial charge in [-0.25, -0.2) is 0 Å². The van der Waals surface area contributed by atoms with Crippen LogP contribution in [0, 0.1) is 0 Å². The molecule has 0 radical (unpaired) electrons. The van der Waals surface area contributed by atoms with Gasteiger partial charge in [-0.2, -0.15) is 0 Å². The zero-order valence-electron chi connectivity index (χ0n) is 14.6. The summed E-state index contributed by atoms with van der Waals surface area (Å²) in [6.07, 6.45) is -15.8. The summed E-state index contributed by atoms with van der Waals surface area (Å²) in [5.74, 6) is -0.572. The fourth-order valence-electron chi connectivity index (χ4n) is 2.83. The highest BCUT2D eigenvalue weighted by atomic mass is 16.7. The minimum absolute atomic E-state index is 0.0813. The molecule has 0 amide bonds. The van der Waals surface area contributed by atoms with Crippen LogP contribution in [-0.2, 0) is 23.7 Å². The Labute approximate surface area is 154 Å². The average molecular weight is 398 g/mol. The Morgan fingerprint density at radius 2 is 1.56 bits per heavy atom. The van der Waals surface area contributed by atoms with Gasteiger partial charge in [0.1, 0.15) is 55.4 Å². The number of esters is 1. The molecule has 27 heavy (non-hydrogen) atoms. The van der Waals surface area contributed by atoms with Gasteiger partial charge in [-0.1, -0.05) is 6.92 Å².